The van der Waals surface area contributed by atoms with Crippen molar-refractivity contribution in [3.63, 3.8) is 0 Å². The highest BCUT2D eigenvalue weighted by Crippen LogP contribution is 2.30. The maximum atomic E-state index is 13.0. The van der Waals surface area contributed by atoms with Gasteiger partial charge in [-0.25, -0.2) is 9.48 Å². The maximum Gasteiger partial charge on any atom is 0.451 e. The second-order valence-corrected chi connectivity index (χ2v) is 8.40. The van der Waals surface area contributed by atoms with Crippen molar-refractivity contribution in [2.24, 2.45) is 13.0 Å². The molecule has 0 radical (unpaired) electrons. The van der Waals surface area contributed by atoms with Crippen LogP contribution in [0.5, 0.6) is 0 Å². The summed E-state index contributed by atoms with van der Waals surface area (Å²) in [6.07, 6.45) is -3.94. The van der Waals surface area contributed by atoms with Gasteiger partial charge in [0.2, 0.25) is 17.6 Å². The molecule has 172 valence electrons. The number of aromatic nitrogens is 3. The normalized spacial score (nSPS) is 20.3. The van der Waals surface area contributed by atoms with Gasteiger partial charge in [0.25, 0.3) is 0 Å². The van der Waals surface area contributed by atoms with E-state index in [0.29, 0.717) is 37.0 Å². The molecule has 0 spiro atoms. The summed E-state index contributed by atoms with van der Waals surface area (Å²) >= 11 is 0. The SMILES string of the molecule is Cc1ccc(N2CC(C(=O)N3CCC(n4nc(C(F)(F)F)n(C)c4=O)CC3)CC2=O)cc1. The van der Waals surface area contributed by atoms with E-state index in [-0.39, 0.29) is 18.2 Å². The van der Waals surface area contributed by atoms with Gasteiger partial charge in [-0.2, -0.15) is 13.2 Å². The third-order valence-corrected chi connectivity index (χ3v) is 6.20. The Morgan fingerprint density at radius 2 is 1.72 bits per heavy atom. The first kappa shape index (κ1) is 22.1. The largest absolute Gasteiger partial charge is 0.451 e. The zero-order valence-corrected chi connectivity index (χ0v) is 17.8. The average Bonchev–Trinajstić information content (AvgIpc) is 3.28. The van der Waals surface area contributed by atoms with Crippen LogP contribution in [0.15, 0.2) is 29.1 Å². The molecule has 1 aromatic heterocycles. The predicted molar refractivity (Wildman–Crippen MR) is 109 cm³/mol. The minimum absolute atomic E-state index is 0.109. The Labute approximate surface area is 182 Å². The van der Waals surface area contributed by atoms with Crippen molar-refractivity contribution in [3.8, 4) is 0 Å². The van der Waals surface area contributed by atoms with Crippen LogP contribution in [0, 0.1) is 12.8 Å². The van der Waals surface area contributed by atoms with E-state index in [4.69, 9.17) is 0 Å². The average molecular weight is 451 g/mol. The lowest BCUT2D eigenvalue weighted by molar-refractivity contribution is -0.147. The Balaban J connectivity index is 1.40. The molecule has 0 aliphatic carbocycles. The molecule has 8 nitrogen and oxygen atoms in total. The molecule has 1 atom stereocenters. The number of piperidine rings is 1. The van der Waals surface area contributed by atoms with Crippen LogP contribution in [0.2, 0.25) is 0 Å². The van der Waals surface area contributed by atoms with Crippen LogP contribution in [0.25, 0.3) is 0 Å². The number of halogens is 3. The van der Waals surface area contributed by atoms with Gasteiger partial charge < -0.3 is 9.80 Å². The molecule has 2 saturated heterocycles. The number of anilines is 1. The molecule has 11 heteroatoms. The molecule has 32 heavy (non-hydrogen) atoms. The number of carbonyl (C=O) groups excluding carboxylic acids is 2. The predicted octanol–water partition coefficient (Wildman–Crippen LogP) is 2.13. The fraction of sp³-hybridized carbons (Fsp3) is 0.524. The molecule has 0 bridgehead atoms. The summed E-state index contributed by atoms with van der Waals surface area (Å²) in [5, 5.41) is 3.50. The standard InChI is InChI=1S/C21H24F3N5O3/c1-13-3-5-15(6-4-13)28-12-14(11-17(28)30)18(31)27-9-7-16(8-10-27)29-20(32)26(2)19(25-29)21(22,23)24/h3-6,14,16H,7-12H2,1-2H3. The zero-order chi connectivity index (χ0) is 23.2. The van der Waals surface area contributed by atoms with Crippen LogP contribution >= 0.6 is 0 Å². The molecule has 3 heterocycles. The van der Waals surface area contributed by atoms with Gasteiger partial charge in [-0.1, -0.05) is 17.7 Å². The molecule has 1 unspecified atom stereocenters. The van der Waals surface area contributed by atoms with Crippen LogP contribution < -0.4 is 10.6 Å². The number of hydrogen-bond donors (Lipinski definition) is 0. The van der Waals surface area contributed by atoms with E-state index in [9.17, 15) is 27.6 Å². The minimum Gasteiger partial charge on any atom is -0.342 e. The first-order valence-electron chi connectivity index (χ1n) is 10.4. The van der Waals surface area contributed by atoms with Gasteiger partial charge in [0, 0.05) is 38.8 Å². The number of alkyl halides is 3. The third kappa shape index (κ3) is 4.03. The summed E-state index contributed by atoms with van der Waals surface area (Å²) in [5.41, 5.74) is 1.01. The van der Waals surface area contributed by atoms with E-state index in [2.05, 4.69) is 5.10 Å². The van der Waals surface area contributed by atoms with Crippen molar-refractivity contribution in [3.05, 3.63) is 46.1 Å². The summed E-state index contributed by atoms with van der Waals surface area (Å²) in [7, 11) is 1.05. The monoisotopic (exact) mass is 451 g/mol. The first-order valence-corrected chi connectivity index (χ1v) is 10.4. The number of hydrogen-bond acceptors (Lipinski definition) is 4. The Morgan fingerprint density at radius 3 is 2.28 bits per heavy atom. The molecular weight excluding hydrogens is 427 g/mol. The quantitative estimate of drug-likeness (QED) is 0.716. The fourth-order valence-electron chi connectivity index (χ4n) is 4.38. The van der Waals surface area contributed by atoms with Crippen molar-refractivity contribution < 1.29 is 22.8 Å². The molecule has 2 fully saturated rings. The van der Waals surface area contributed by atoms with Crippen molar-refractivity contribution in [2.75, 3.05) is 24.5 Å². The number of rotatable bonds is 3. The molecule has 2 amide bonds. The van der Waals surface area contributed by atoms with E-state index in [1.807, 2.05) is 31.2 Å². The van der Waals surface area contributed by atoms with Crippen LogP contribution in [0.3, 0.4) is 0 Å². The van der Waals surface area contributed by atoms with Gasteiger partial charge in [0.05, 0.1) is 12.0 Å². The van der Waals surface area contributed by atoms with Gasteiger partial charge in [-0.15, -0.1) is 5.10 Å². The second kappa shape index (κ2) is 8.10. The fourth-order valence-corrected chi connectivity index (χ4v) is 4.38. The van der Waals surface area contributed by atoms with E-state index >= 15 is 0 Å². The Hall–Kier alpha value is -3.11. The maximum absolute atomic E-state index is 13.0. The Morgan fingerprint density at radius 1 is 1.09 bits per heavy atom. The van der Waals surface area contributed by atoms with Crippen LogP contribution in [-0.4, -0.2) is 50.7 Å². The smallest absolute Gasteiger partial charge is 0.342 e. The van der Waals surface area contributed by atoms with Crippen molar-refractivity contribution in [2.45, 2.75) is 38.4 Å². The summed E-state index contributed by atoms with van der Waals surface area (Å²) in [6, 6.07) is 7.01. The molecular formula is C21H24F3N5O3. The molecule has 1 aromatic carbocycles. The number of carbonyl (C=O) groups is 2. The topological polar surface area (TPSA) is 80.4 Å². The van der Waals surface area contributed by atoms with Crippen molar-refractivity contribution >= 4 is 17.5 Å². The molecule has 0 saturated carbocycles. The third-order valence-electron chi connectivity index (χ3n) is 6.20. The van der Waals surface area contributed by atoms with E-state index in [1.165, 1.54) is 0 Å². The van der Waals surface area contributed by atoms with Gasteiger partial charge in [0.15, 0.2) is 0 Å². The van der Waals surface area contributed by atoms with E-state index in [0.717, 1.165) is 23.0 Å². The summed E-state index contributed by atoms with van der Waals surface area (Å²) < 4.78 is 40.5. The molecule has 0 N–H and O–H groups in total. The number of aryl methyl sites for hydroxylation is 1. The van der Waals surface area contributed by atoms with Crippen molar-refractivity contribution in [1.29, 1.82) is 0 Å². The highest BCUT2D eigenvalue weighted by molar-refractivity contribution is 6.00. The van der Waals surface area contributed by atoms with E-state index in [1.54, 1.807) is 9.80 Å². The summed E-state index contributed by atoms with van der Waals surface area (Å²) in [6.45, 7) is 2.84. The molecule has 4 rings (SSSR count). The summed E-state index contributed by atoms with van der Waals surface area (Å²) in [5.74, 6) is -1.95. The lowest BCUT2D eigenvalue weighted by Gasteiger charge is -2.33. The van der Waals surface area contributed by atoms with Crippen LogP contribution in [-0.2, 0) is 22.8 Å². The van der Waals surface area contributed by atoms with Gasteiger partial charge in [-0.05, 0) is 31.9 Å². The highest BCUT2D eigenvalue weighted by atomic mass is 19.4. The second-order valence-electron chi connectivity index (χ2n) is 8.40. The number of likely N-dealkylation sites (tertiary alicyclic amines) is 1. The lowest BCUT2D eigenvalue weighted by Crippen LogP contribution is -2.44. The van der Waals surface area contributed by atoms with Crippen molar-refractivity contribution in [1.82, 2.24) is 19.2 Å². The minimum atomic E-state index is -4.71. The van der Waals surface area contributed by atoms with Gasteiger partial charge in [-0.3, -0.25) is 14.2 Å². The number of benzene rings is 1. The molecule has 2 aromatic rings. The first-order chi connectivity index (χ1) is 15.1. The number of amides is 2. The van der Waals surface area contributed by atoms with Crippen LogP contribution in [0.1, 0.15) is 36.7 Å². The molecule has 2 aliphatic rings. The van der Waals surface area contributed by atoms with Crippen LogP contribution in [0.4, 0.5) is 18.9 Å². The summed E-state index contributed by atoms with van der Waals surface area (Å²) in [4.78, 5) is 40.9. The zero-order valence-electron chi connectivity index (χ0n) is 17.8. The van der Waals surface area contributed by atoms with E-state index < -0.39 is 29.7 Å². The lowest BCUT2D eigenvalue weighted by atomic mass is 10.0. The molecule has 2 aliphatic heterocycles. The Kier molecular flexibility index (Phi) is 5.59. The van der Waals surface area contributed by atoms with Gasteiger partial charge in [0.1, 0.15) is 0 Å². The highest BCUT2D eigenvalue weighted by Gasteiger charge is 2.41. The number of nitrogens with zero attached hydrogens (tertiary/aromatic N) is 5. The van der Waals surface area contributed by atoms with Gasteiger partial charge >= 0.3 is 11.9 Å². The Bertz CT molecular complexity index is 1080.